The SMILES string of the molecule is O=C(CC1CCS(=O)(=O)C1)c1ccc2c(-c3ccccc3Cl)nn(-c3ccc(Cl)cn3)c2c1. The topological polar surface area (TPSA) is 81.9 Å². The van der Waals surface area contributed by atoms with Crippen LogP contribution in [0.5, 0.6) is 0 Å². The molecule has 0 amide bonds. The Morgan fingerprint density at radius 3 is 2.61 bits per heavy atom. The molecule has 0 aliphatic carbocycles. The van der Waals surface area contributed by atoms with Crippen molar-refractivity contribution < 1.29 is 13.2 Å². The minimum Gasteiger partial charge on any atom is -0.294 e. The highest BCUT2D eigenvalue weighted by Gasteiger charge is 2.30. The highest BCUT2D eigenvalue weighted by Crippen LogP contribution is 2.34. The maximum Gasteiger partial charge on any atom is 0.163 e. The van der Waals surface area contributed by atoms with Crippen LogP contribution < -0.4 is 0 Å². The number of ketones is 1. The third-order valence-corrected chi connectivity index (χ3v) is 8.25. The molecule has 0 radical (unpaired) electrons. The molecule has 1 atom stereocenters. The third-order valence-electron chi connectivity index (χ3n) is 5.86. The summed E-state index contributed by atoms with van der Waals surface area (Å²) in [7, 11) is -3.03. The van der Waals surface area contributed by atoms with Crippen molar-refractivity contribution in [3.8, 4) is 17.1 Å². The summed E-state index contributed by atoms with van der Waals surface area (Å²) >= 11 is 12.5. The van der Waals surface area contributed by atoms with E-state index in [-0.39, 0.29) is 29.6 Å². The van der Waals surface area contributed by atoms with Gasteiger partial charge < -0.3 is 0 Å². The van der Waals surface area contributed by atoms with Gasteiger partial charge in [0.25, 0.3) is 0 Å². The molecule has 1 unspecified atom stereocenters. The summed E-state index contributed by atoms with van der Waals surface area (Å²) < 4.78 is 25.2. The van der Waals surface area contributed by atoms with Gasteiger partial charge in [-0.05, 0) is 42.7 Å². The van der Waals surface area contributed by atoms with Crippen LogP contribution in [0, 0.1) is 5.92 Å². The molecule has 168 valence electrons. The molecule has 1 saturated heterocycles. The quantitative estimate of drug-likeness (QED) is 0.343. The van der Waals surface area contributed by atoms with Crippen molar-refractivity contribution in [3.63, 3.8) is 0 Å². The Morgan fingerprint density at radius 2 is 1.91 bits per heavy atom. The number of carbonyl (C=O) groups excluding carboxylic acids is 1. The molecule has 33 heavy (non-hydrogen) atoms. The van der Waals surface area contributed by atoms with E-state index in [9.17, 15) is 13.2 Å². The van der Waals surface area contributed by atoms with E-state index in [4.69, 9.17) is 28.3 Å². The Bertz CT molecular complexity index is 1480. The van der Waals surface area contributed by atoms with Crippen LogP contribution in [0.1, 0.15) is 23.2 Å². The predicted molar refractivity (Wildman–Crippen MR) is 130 cm³/mol. The van der Waals surface area contributed by atoms with E-state index in [0.717, 1.165) is 10.9 Å². The van der Waals surface area contributed by atoms with Crippen LogP contribution in [0.25, 0.3) is 28.0 Å². The van der Waals surface area contributed by atoms with E-state index < -0.39 is 9.84 Å². The zero-order valence-corrected chi connectivity index (χ0v) is 19.7. The third kappa shape index (κ3) is 4.40. The molecular formula is C24H19Cl2N3O3S. The Labute approximate surface area is 201 Å². The summed E-state index contributed by atoms with van der Waals surface area (Å²) in [6.07, 6.45) is 2.27. The van der Waals surface area contributed by atoms with E-state index >= 15 is 0 Å². The standard InChI is InChI=1S/C24H19Cl2N3O3S/c25-17-6-8-23(27-13-17)29-21-12-16(22(30)11-15-9-10-33(31,32)14-15)5-7-19(21)24(28-29)18-3-1-2-4-20(18)26/h1-8,12-13,15H,9-11,14H2. The van der Waals surface area contributed by atoms with E-state index in [1.54, 1.807) is 35.0 Å². The van der Waals surface area contributed by atoms with Gasteiger partial charge in [-0.2, -0.15) is 5.10 Å². The number of hydrogen-bond acceptors (Lipinski definition) is 5. The predicted octanol–water partition coefficient (Wildman–Crippen LogP) is 5.40. The number of carbonyl (C=O) groups is 1. The number of hydrogen-bond donors (Lipinski definition) is 0. The first kappa shape index (κ1) is 22.1. The van der Waals surface area contributed by atoms with Gasteiger partial charge in [0.05, 0.1) is 27.1 Å². The molecule has 1 aliphatic rings. The highest BCUT2D eigenvalue weighted by molar-refractivity contribution is 7.91. The fourth-order valence-corrected chi connectivity index (χ4v) is 6.42. The second-order valence-corrected chi connectivity index (χ2v) is 11.3. The number of sulfone groups is 1. The first-order valence-corrected chi connectivity index (χ1v) is 13.0. The average Bonchev–Trinajstić information content (AvgIpc) is 3.33. The van der Waals surface area contributed by atoms with E-state index in [0.29, 0.717) is 39.1 Å². The summed E-state index contributed by atoms with van der Waals surface area (Å²) in [5, 5.41) is 6.67. The van der Waals surface area contributed by atoms with Gasteiger partial charge in [-0.1, -0.05) is 47.5 Å². The van der Waals surface area contributed by atoms with Crippen molar-refractivity contribution in [1.29, 1.82) is 0 Å². The minimum atomic E-state index is -3.03. The zero-order chi connectivity index (χ0) is 23.2. The Hall–Kier alpha value is -2.74. The number of aromatic nitrogens is 3. The van der Waals surface area contributed by atoms with Crippen molar-refractivity contribution in [3.05, 3.63) is 76.4 Å². The molecule has 0 N–H and O–H groups in total. The summed E-state index contributed by atoms with van der Waals surface area (Å²) in [5.41, 5.74) is 2.65. The van der Waals surface area contributed by atoms with Gasteiger partial charge in [0.1, 0.15) is 5.69 Å². The molecule has 0 saturated carbocycles. The number of halogens is 2. The molecule has 2 aromatic heterocycles. The smallest absolute Gasteiger partial charge is 0.163 e. The number of nitrogens with zero attached hydrogens (tertiary/aromatic N) is 3. The van der Waals surface area contributed by atoms with Crippen LogP contribution in [0.4, 0.5) is 0 Å². The fraction of sp³-hybridized carbons (Fsp3) is 0.208. The molecular weight excluding hydrogens is 481 g/mol. The lowest BCUT2D eigenvalue weighted by Crippen LogP contribution is -2.11. The van der Waals surface area contributed by atoms with Crippen molar-refractivity contribution >= 4 is 49.7 Å². The number of rotatable bonds is 5. The molecule has 1 fully saturated rings. The normalized spacial score (nSPS) is 17.5. The maximum atomic E-state index is 13.0. The van der Waals surface area contributed by atoms with Crippen molar-refractivity contribution in [1.82, 2.24) is 14.8 Å². The van der Waals surface area contributed by atoms with Gasteiger partial charge in [-0.25, -0.2) is 18.1 Å². The molecule has 4 aromatic rings. The first-order valence-electron chi connectivity index (χ1n) is 10.4. The fourth-order valence-electron chi connectivity index (χ4n) is 4.22. The first-order chi connectivity index (χ1) is 15.8. The molecule has 5 rings (SSSR count). The van der Waals surface area contributed by atoms with Crippen LogP contribution in [0.2, 0.25) is 10.0 Å². The van der Waals surface area contributed by atoms with Gasteiger partial charge in [0.2, 0.25) is 0 Å². The van der Waals surface area contributed by atoms with E-state index in [2.05, 4.69) is 4.98 Å². The summed E-state index contributed by atoms with van der Waals surface area (Å²) in [5.74, 6) is 0.550. The van der Waals surface area contributed by atoms with E-state index in [1.807, 2.05) is 24.3 Å². The number of fused-ring (bicyclic) bond motifs is 1. The lowest BCUT2D eigenvalue weighted by Gasteiger charge is -2.08. The number of Topliss-reactive ketones (excluding diaryl/α,β-unsaturated/α-hetero) is 1. The second-order valence-electron chi connectivity index (χ2n) is 8.20. The van der Waals surface area contributed by atoms with Crippen LogP contribution >= 0.6 is 23.2 Å². The Morgan fingerprint density at radius 1 is 1.09 bits per heavy atom. The van der Waals surface area contributed by atoms with Gasteiger partial charge in [-0.3, -0.25) is 4.79 Å². The monoisotopic (exact) mass is 499 g/mol. The van der Waals surface area contributed by atoms with Crippen LogP contribution in [-0.2, 0) is 9.84 Å². The van der Waals surface area contributed by atoms with Gasteiger partial charge in [0.15, 0.2) is 21.4 Å². The van der Waals surface area contributed by atoms with Crippen molar-refractivity contribution in [2.75, 3.05) is 11.5 Å². The summed E-state index contributed by atoms with van der Waals surface area (Å²) in [4.78, 5) is 17.4. The van der Waals surface area contributed by atoms with Crippen LogP contribution in [0.3, 0.4) is 0 Å². The van der Waals surface area contributed by atoms with Gasteiger partial charge in [-0.15, -0.1) is 0 Å². The molecule has 6 nitrogen and oxygen atoms in total. The number of pyridine rings is 1. The Kier molecular flexibility index (Phi) is 5.72. The second kappa shape index (κ2) is 8.56. The summed E-state index contributed by atoms with van der Waals surface area (Å²) in [6.45, 7) is 0. The molecule has 0 bridgehead atoms. The highest BCUT2D eigenvalue weighted by atomic mass is 35.5. The number of benzene rings is 2. The average molecular weight is 500 g/mol. The largest absolute Gasteiger partial charge is 0.294 e. The van der Waals surface area contributed by atoms with Crippen LogP contribution in [-0.4, -0.2) is 40.5 Å². The lowest BCUT2D eigenvalue weighted by molar-refractivity contribution is 0.0966. The molecule has 1 aliphatic heterocycles. The van der Waals surface area contributed by atoms with Crippen molar-refractivity contribution in [2.45, 2.75) is 12.8 Å². The molecule has 2 aromatic carbocycles. The summed E-state index contributed by atoms with van der Waals surface area (Å²) in [6, 6.07) is 16.3. The molecule has 0 spiro atoms. The van der Waals surface area contributed by atoms with Crippen molar-refractivity contribution in [2.24, 2.45) is 5.92 Å². The molecule has 9 heteroatoms. The van der Waals surface area contributed by atoms with E-state index in [1.165, 1.54) is 6.20 Å². The molecule has 3 heterocycles. The lowest BCUT2D eigenvalue weighted by atomic mass is 9.97. The minimum absolute atomic E-state index is 0.0737. The maximum absolute atomic E-state index is 13.0. The van der Waals surface area contributed by atoms with Gasteiger partial charge >= 0.3 is 0 Å². The van der Waals surface area contributed by atoms with Crippen LogP contribution in [0.15, 0.2) is 60.8 Å². The Balaban J connectivity index is 1.60. The van der Waals surface area contributed by atoms with Gasteiger partial charge in [0, 0.05) is 29.1 Å². The zero-order valence-electron chi connectivity index (χ0n) is 17.4.